The number of hydrogen-bond donors (Lipinski definition) is 2. The molecule has 33 heavy (non-hydrogen) atoms. The molecule has 3 aromatic carbocycles. The number of carbonyl (C=O) groups is 1. The van der Waals surface area contributed by atoms with E-state index in [1.807, 2.05) is 49.7 Å². The fraction of sp³-hybridized carbons (Fsp3) is 0.200. The van der Waals surface area contributed by atoms with Crippen LogP contribution in [0.4, 0.5) is 5.69 Å². The van der Waals surface area contributed by atoms with Crippen LogP contribution in [0.25, 0.3) is 22.4 Å². The quantitative estimate of drug-likeness (QED) is 0.462. The predicted octanol–water partition coefficient (Wildman–Crippen LogP) is 4.33. The van der Waals surface area contributed by atoms with Gasteiger partial charge in [0.05, 0.1) is 21.6 Å². The SMILES string of the molecule is CNC(=O)c1ccc(-c2nc3cc(NS(=O)(=O)c4cc(C)c(C)cc4C)ccc3n2C)cc1. The van der Waals surface area contributed by atoms with E-state index in [1.165, 1.54) is 0 Å². The van der Waals surface area contributed by atoms with Gasteiger partial charge in [0, 0.05) is 25.2 Å². The Morgan fingerprint density at radius 2 is 1.58 bits per heavy atom. The van der Waals surface area contributed by atoms with E-state index < -0.39 is 10.0 Å². The molecule has 0 spiro atoms. The molecule has 2 N–H and O–H groups in total. The van der Waals surface area contributed by atoms with E-state index in [4.69, 9.17) is 4.98 Å². The zero-order valence-electron chi connectivity index (χ0n) is 19.2. The lowest BCUT2D eigenvalue weighted by atomic mass is 10.1. The molecule has 4 aromatic rings. The number of anilines is 1. The van der Waals surface area contributed by atoms with E-state index in [0.29, 0.717) is 22.3 Å². The number of fused-ring (bicyclic) bond motifs is 1. The van der Waals surface area contributed by atoms with Gasteiger partial charge >= 0.3 is 0 Å². The number of aromatic nitrogens is 2. The molecule has 0 unspecified atom stereocenters. The Labute approximate surface area is 193 Å². The van der Waals surface area contributed by atoms with Gasteiger partial charge < -0.3 is 9.88 Å². The van der Waals surface area contributed by atoms with Gasteiger partial charge in [0.25, 0.3) is 15.9 Å². The Morgan fingerprint density at radius 3 is 2.24 bits per heavy atom. The number of aryl methyl sites for hydroxylation is 4. The van der Waals surface area contributed by atoms with Crippen molar-refractivity contribution in [3.63, 3.8) is 0 Å². The fourth-order valence-corrected chi connectivity index (χ4v) is 5.23. The van der Waals surface area contributed by atoms with Crippen LogP contribution in [-0.4, -0.2) is 30.9 Å². The lowest BCUT2D eigenvalue weighted by Gasteiger charge is -2.12. The van der Waals surface area contributed by atoms with Crippen LogP contribution in [0.15, 0.2) is 59.5 Å². The Kier molecular flexibility index (Phi) is 5.71. The minimum absolute atomic E-state index is 0.150. The molecule has 0 saturated carbocycles. The molecule has 0 aliphatic heterocycles. The van der Waals surface area contributed by atoms with Crippen molar-refractivity contribution in [2.45, 2.75) is 25.7 Å². The molecule has 170 valence electrons. The molecular formula is C25H26N4O3S. The second-order valence-corrected chi connectivity index (χ2v) is 9.81. The van der Waals surface area contributed by atoms with Crippen LogP contribution >= 0.6 is 0 Å². The lowest BCUT2D eigenvalue weighted by molar-refractivity contribution is 0.0963. The third-order valence-electron chi connectivity index (χ3n) is 5.85. The van der Waals surface area contributed by atoms with E-state index in [9.17, 15) is 13.2 Å². The first-order valence-corrected chi connectivity index (χ1v) is 12.0. The minimum Gasteiger partial charge on any atom is -0.355 e. The molecule has 0 atom stereocenters. The molecule has 1 heterocycles. The van der Waals surface area contributed by atoms with Crippen molar-refractivity contribution in [2.24, 2.45) is 7.05 Å². The van der Waals surface area contributed by atoms with Crippen molar-refractivity contribution in [3.05, 3.63) is 76.9 Å². The largest absolute Gasteiger partial charge is 0.355 e. The van der Waals surface area contributed by atoms with Gasteiger partial charge in [-0.05, 0) is 73.9 Å². The highest BCUT2D eigenvalue weighted by Crippen LogP contribution is 2.28. The van der Waals surface area contributed by atoms with Crippen molar-refractivity contribution < 1.29 is 13.2 Å². The van der Waals surface area contributed by atoms with Crippen molar-refractivity contribution >= 4 is 32.7 Å². The minimum atomic E-state index is -3.75. The number of nitrogens with zero attached hydrogens (tertiary/aromatic N) is 2. The monoisotopic (exact) mass is 462 g/mol. The van der Waals surface area contributed by atoms with Gasteiger partial charge in [-0.1, -0.05) is 18.2 Å². The Bertz CT molecular complexity index is 1490. The van der Waals surface area contributed by atoms with E-state index in [2.05, 4.69) is 10.0 Å². The zero-order valence-corrected chi connectivity index (χ0v) is 20.0. The number of imidazole rings is 1. The number of carbonyl (C=O) groups excluding carboxylic acids is 1. The summed E-state index contributed by atoms with van der Waals surface area (Å²) in [6.45, 7) is 5.66. The third-order valence-corrected chi connectivity index (χ3v) is 7.37. The summed E-state index contributed by atoms with van der Waals surface area (Å²) in [5.74, 6) is 0.570. The molecule has 8 heteroatoms. The van der Waals surface area contributed by atoms with Gasteiger partial charge in [-0.25, -0.2) is 13.4 Å². The average Bonchev–Trinajstić information content (AvgIpc) is 3.11. The van der Waals surface area contributed by atoms with Gasteiger partial charge in [-0.15, -0.1) is 0 Å². The van der Waals surface area contributed by atoms with Gasteiger partial charge in [0.1, 0.15) is 5.82 Å². The van der Waals surface area contributed by atoms with Gasteiger partial charge in [0.2, 0.25) is 0 Å². The first kappa shape index (κ1) is 22.5. The van der Waals surface area contributed by atoms with E-state index in [0.717, 1.165) is 28.0 Å². The highest BCUT2D eigenvalue weighted by molar-refractivity contribution is 7.92. The molecule has 1 aromatic heterocycles. The first-order chi connectivity index (χ1) is 15.6. The van der Waals surface area contributed by atoms with Crippen LogP contribution in [0, 0.1) is 20.8 Å². The average molecular weight is 463 g/mol. The Hall–Kier alpha value is -3.65. The number of rotatable bonds is 5. The topological polar surface area (TPSA) is 93.1 Å². The smallest absolute Gasteiger partial charge is 0.262 e. The zero-order chi connectivity index (χ0) is 23.9. The van der Waals surface area contributed by atoms with Crippen molar-refractivity contribution in [1.29, 1.82) is 0 Å². The molecule has 0 bridgehead atoms. The summed E-state index contributed by atoms with van der Waals surface area (Å²) in [6.07, 6.45) is 0. The second-order valence-electron chi connectivity index (χ2n) is 8.16. The lowest BCUT2D eigenvalue weighted by Crippen LogP contribution is -2.17. The van der Waals surface area contributed by atoms with Crippen LogP contribution in [0.1, 0.15) is 27.0 Å². The maximum Gasteiger partial charge on any atom is 0.262 e. The summed E-state index contributed by atoms with van der Waals surface area (Å²) in [5.41, 5.74) is 6.08. The summed E-state index contributed by atoms with van der Waals surface area (Å²) >= 11 is 0. The molecule has 0 radical (unpaired) electrons. The van der Waals surface area contributed by atoms with Crippen LogP contribution in [0.2, 0.25) is 0 Å². The number of nitrogens with one attached hydrogen (secondary N) is 2. The maximum absolute atomic E-state index is 13.1. The molecule has 4 rings (SSSR count). The van der Waals surface area contributed by atoms with Crippen LogP contribution < -0.4 is 10.0 Å². The molecule has 0 saturated heterocycles. The van der Waals surface area contributed by atoms with E-state index in [-0.39, 0.29) is 10.8 Å². The van der Waals surface area contributed by atoms with Crippen LogP contribution in [-0.2, 0) is 17.1 Å². The van der Waals surface area contributed by atoms with Crippen LogP contribution in [0.5, 0.6) is 0 Å². The summed E-state index contributed by atoms with van der Waals surface area (Å²) in [6, 6.07) is 16.1. The van der Waals surface area contributed by atoms with Crippen molar-refractivity contribution in [3.8, 4) is 11.4 Å². The highest BCUT2D eigenvalue weighted by Gasteiger charge is 2.19. The molecule has 0 aliphatic carbocycles. The van der Waals surface area contributed by atoms with E-state index in [1.54, 1.807) is 44.3 Å². The molecule has 1 amide bonds. The van der Waals surface area contributed by atoms with Gasteiger partial charge in [0.15, 0.2) is 0 Å². The Morgan fingerprint density at radius 1 is 0.909 bits per heavy atom. The third kappa shape index (κ3) is 4.21. The summed E-state index contributed by atoms with van der Waals surface area (Å²) in [7, 11) is -0.251. The number of sulfonamides is 1. The Balaban J connectivity index is 1.68. The second kappa shape index (κ2) is 8.37. The predicted molar refractivity (Wildman–Crippen MR) is 131 cm³/mol. The van der Waals surface area contributed by atoms with Crippen LogP contribution in [0.3, 0.4) is 0 Å². The van der Waals surface area contributed by atoms with Crippen molar-refractivity contribution in [1.82, 2.24) is 14.9 Å². The number of hydrogen-bond acceptors (Lipinski definition) is 4. The normalized spacial score (nSPS) is 11.5. The molecule has 7 nitrogen and oxygen atoms in total. The molecule has 0 aliphatic rings. The van der Waals surface area contributed by atoms with Gasteiger partial charge in [-0.3, -0.25) is 9.52 Å². The first-order valence-electron chi connectivity index (χ1n) is 10.5. The van der Waals surface area contributed by atoms with E-state index >= 15 is 0 Å². The van der Waals surface area contributed by atoms with Crippen molar-refractivity contribution in [2.75, 3.05) is 11.8 Å². The molecular weight excluding hydrogens is 436 g/mol. The maximum atomic E-state index is 13.1. The molecule has 0 fully saturated rings. The summed E-state index contributed by atoms with van der Waals surface area (Å²) < 4.78 is 30.7. The number of benzene rings is 3. The fourth-order valence-electron chi connectivity index (χ4n) is 3.87. The standard InChI is InChI=1S/C25H26N4O3S/c1-15-12-17(3)23(13-16(15)2)33(31,32)28-20-10-11-22-21(14-20)27-24(29(22)5)18-6-8-19(9-7-18)25(30)26-4/h6-14,28H,1-5H3,(H,26,30). The number of amides is 1. The van der Waals surface area contributed by atoms with Gasteiger partial charge in [-0.2, -0.15) is 0 Å². The summed E-state index contributed by atoms with van der Waals surface area (Å²) in [5, 5.41) is 2.60. The highest BCUT2D eigenvalue weighted by atomic mass is 32.2. The summed E-state index contributed by atoms with van der Waals surface area (Å²) in [4.78, 5) is 16.8.